The summed E-state index contributed by atoms with van der Waals surface area (Å²) in [5, 5.41) is 10.9. The molecular weight excluding hydrogens is 257 g/mol. The maximum atomic E-state index is 13.2. The molecule has 0 atom stereocenters. The van der Waals surface area contributed by atoms with E-state index >= 15 is 0 Å². The predicted molar refractivity (Wildman–Crippen MR) is 65.4 cm³/mol. The van der Waals surface area contributed by atoms with Gasteiger partial charge in [0.15, 0.2) is 0 Å². The second-order valence-corrected chi connectivity index (χ2v) is 4.42. The molecule has 0 aliphatic rings. The summed E-state index contributed by atoms with van der Waals surface area (Å²) >= 11 is 1.26. The quantitative estimate of drug-likeness (QED) is 0.925. The minimum atomic E-state index is -0.946. The Bertz CT molecular complexity index is 582. The number of ether oxygens (including phenoxy) is 1. The Kier molecular flexibility index (Phi) is 3.57. The number of aliphatic carboxylic acids is 1. The summed E-state index contributed by atoms with van der Waals surface area (Å²) in [5.74, 6) is -0.827. The van der Waals surface area contributed by atoms with Crippen LogP contribution in [0, 0.1) is 5.82 Å². The first-order valence-electron chi connectivity index (χ1n) is 5.10. The molecule has 2 aromatic rings. The fourth-order valence-corrected chi connectivity index (χ4v) is 2.35. The number of rotatable bonds is 4. The Morgan fingerprint density at radius 3 is 3.00 bits per heavy atom. The van der Waals surface area contributed by atoms with E-state index < -0.39 is 5.97 Å². The zero-order valence-electron chi connectivity index (χ0n) is 9.51. The van der Waals surface area contributed by atoms with Crippen LogP contribution in [-0.4, -0.2) is 23.2 Å². The molecule has 1 heterocycles. The summed E-state index contributed by atoms with van der Waals surface area (Å²) in [6.45, 7) is 0. The van der Waals surface area contributed by atoms with Gasteiger partial charge in [0.05, 0.1) is 24.8 Å². The van der Waals surface area contributed by atoms with E-state index in [0.29, 0.717) is 22.0 Å². The molecule has 6 heteroatoms. The van der Waals surface area contributed by atoms with Crippen molar-refractivity contribution in [1.82, 2.24) is 4.98 Å². The highest BCUT2D eigenvalue weighted by Gasteiger charge is 2.12. The Balaban J connectivity index is 2.38. The lowest BCUT2D eigenvalue weighted by atomic mass is 10.2. The number of methoxy groups -OCH3 is 1. The van der Waals surface area contributed by atoms with E-state index in [1.807, 2.05) is 0 Å². The van der Waals surface area contributed by atoms with Gasteiger partial charge in [0.1, 0.15) is 16.6 Å². The summed E-state index contributed by atoms with van der Waals surface area (Å²) in [7, 11) is 1.49. The van der Waals surface area contributed by atoms with Gasteiger partial charge in [-0.3, -0.25) is 4.79 Å². The topological polar surface area (TPSA) is 59.4 Å². The first kappa shape index (κ1) is 12.5. The van der Waals surface area contributed by atoms with Crippen molar-refractivity contribution in [3.8, 4) is 16.3 Å². The fourth-order valence-electron chi connectivity index (χ4n) is 1.51. The molecule has 0 spiro atoms. The molecule has 0 aliphatic carbocycles. The molecule has 0 fully saturated rings. The average molecular weight is 267 g/mol. The molecule has 0 saturated carbocycles. The summed E-state index contributed by atoms with van der Waals surface area (Å²) in [4.78, 5) is 14.7. The van der Waals surface area contributed by atoms with E-state index in [2.05, 4.69) is 4.98 Å². The van der Waals surface area contributed by atoms with Crippen molar-refractivity contribution >= 4 is 17.3 Å². The Labute approximate surface area is 107 Å². The molecule has 4 nitrogen and oxygen atoms in total. The number of benzene rings is 1. The lowest BCUT2D eigenvalue weighted by molar-refractivity contribution is -0.136. The van der Waals surface area contributed by atoms with Crippen LogP contribution >= 0.6 is 11.3 Å². The molecule has 2 rings (SSSR count). The molecular formula is C12H10FNO3S. The molecule has 1 aromatic carbocycles. The zero-order valence-corrected chi connectivity index (χ0v) is 10.3. The number of carboxylic acids is 1. The SMILES string of the molecule is COc1ccc(F)cc1-c1nc(CC(=O)O)cs1. The lowest BCUT2D eigenvalue weighted by Gasteiger charge is -2.05. The van der Waals surface area contributed by atoms with Gasteiger partial charge in [-0.1, -0.05) is 0 Å². The fraction of sp³-hybridized carbons (Fsp3) is 0.167. The number of hydrogen-bond donors (Lipinski definition) is 1. The largest absolute Gasteiger partial charge is 0.496 e. The molecule has 0 aliphatic heterocycles. The molecule has 1 N–H and O–H groups in total. The number of carbonyl (C=O) groups is 1. The maximum Gasteiger partial charge on any atom is 0.309 e. The van der Waals surface area contributed by atoms with Gasteiger partial charge in [0.2, 0.25) is 0 Å². The van der Waals surface area contributed by atoms with Crippen LogP contribution < -0.4 is 4.74 Å². The van der Waals surface area contributed by atoms with Gasteiger partial charge >= 0.3 is 5.97 Å². The van der Waals surface area contributed by atoms with E-state index in [9.17, 15) is 9.18 Å². The third-order valence-electron chi connectivity index (χ3n) is 2.28. The standard InChI is InChI=1S/C12H10FNO3S/c1-17-10-3-2-7(13)4-9(10)12-14-8(6-18-12)5-11(15)16/h2-4,6H,5H2,1H3,(H,15,16). The number of halogens is 1. The lowest BCUT2D eigenvalue weighted by Crippen LogP contribution is -2.00. The van der Waals surface area contributed by atoms with Crippen LogP contribution in [-0.2, 0) is 11.2 Å². The minimum Gasteiger partial charge on any atom is -0.496 e. The molecule has 18 heavy (non-hydrogen) atoms. The van der Waals surface area contributed by atoms with Crippen molar-refractivity contribution in [3.63, 3.8) is 0 Å². The minimum absolute atomic E-state index is 0.145. The second kappa shape index (κ2) is 5.14. The molecule has 1 aromatic heterocycles. The van der Waals surface area contributed by atoms with Gasteiger partial charge < -0.3 is 9.84 Å². The van der Waals surface area contributed by atoms with Crippen LogP contribution in [0.1, 0.15) is 5.69 Å². The van der Waals surface area contributed by atoms with Crippen LogP contribution in [0.15, 0.2) is 23.6 Å². The van der Waals surface area contributed by atoms with E-state index in [-0.39, 0.29) is 12.2 Å². The Morgan fingerprint density at radius 1 is 1.56 bits per heavy atom. The van der Waals surface area contributed by atoms with Crippen molar-refractivity contribution in [2.24, 2.45) is 0 Å². The highest BCUT2D eigenvalue weighted by Crippen LogP contribution is 2.32. The summed E-state index contributed by atoms with van der Waals surface area (Å²) in [5.41, 5.74) is 0.980. The first-order chi connectivity index (χ1) is 8.60. The van der Waals surface area contributed by atoms with E-state index in [0.717, 1.165) is 0 Å². The van der Waals surface area contributed by atoms with E-state index in [1.54, 1.807) is 5.38 Å². The number of hydrogen-bond acceptors (Lipinski definition) is 4. The number of thiazole rings is 1. The van der Waals surface area contributed by atoms with Crippen molar-refractivity contribution in [2.75, 3.05) is 7.11 Å². The summed E-state index contributed by atoms with van der Waals surface area (Å²) < 4.78 is 18.3. The van der Waals surface area contributed by atoms with Crippen LogP contribution in [0.2, 0.25) is 0 Å². The van der Waals surface area contributed by atoms with Crippen molar-refractivity contribution in [2.45, 2.75) is 6.42 Å². The van der Waals surface area contributed by atoms with Gasteiger partial charge in [0, 0.05) is 5.38 Å². The normalized spacial score (nSPS) is 10.3. The van der Waals surface area contributed by atoms with Gasteiger partial charge in [0.25, 0.3) is 0 Å². The maximum absolute atomic E-state index is 13.2. The van der Waals surface area contributed by atoms with Crippen LogP contribution in [0.3, 0.4) is 0 Å². The smallest absolute Gasteiger partial charge is 0.309 e. The van der Waals surface area contributed by atoms with Crippen LogP contribution in [0.4, 0.5) is 4.39 Å². The number of nitrogens with zero attached hydrogens (tertiary/aromatic N) is 1. The monoisotopic (exact) mass is 267 g/mol. The zero-order chi connectivity index (χ0) is 13.1. The Hall–Kier alpha value is -1.95. The third kappa shape index (κ3) is 2.65. The van der Waals surface area contributed by atoms with Crippen molar-refractivity contribution in [1.29, 1.82) is 0 Å². The predicted octanol–water partition coefficient (Wildman–Crippen LogP) is 2.58. The molecule has 94 valence electrons. The second-order valence-electron chi connectivity index (χ2n) is 3.56. The van der Waals surface area contributed by atoms with Gasteiger partial charge in [-0.15, -0.1) is 11.3 Å². The van der Waals surface area contributed by atoms with E-state index in [1.165, 1.54) is 36.6 Å². The number of carboxylic acid groups (broad SMARTS) is 1. The van der Waals surface area contributed by atoms with Gasteiger partial charge in [-0.25, -0.2) is 9.37 Å². The third-order valence-corrected chi connectivity index (χ3v) is 3.20. The number of aromatic nitrogens is 1. The van der Waals surface area contributed by atoms with Gasteiger partial charge in [-0.2, -0.15) is 0 Å². The van der Waals surface area contributed by atoms with E-state index in [4.69, 9.17) is 9.84 Å². The molecule has 0 saturated heterocycles. The van der Waals surface area contributed by atoms with Crippen LogP contribution in [0.5, 0.6) is 5.75 Å². The van der Waals surface area contributed by atoms with Crippen LogP contribution in [0.25, 0.3) is 10.6 Å². The van der Waals surface area contributed by atoms with Crippen molar-refractivity contribution in [3.05, 3.63) is 35.1 Å². The average Bonchev–Trinajstić information content (AvgIpc) is 2.76. The molecule has 0 amide bonds. The highest BCUT2D eigenvalue weighted by atomic mass is 32.1. The Morgan fingerprint density at radius 2 is 2.33 bits per heavy atom. The van der Waals surface area contributed by atoms with Gasteiger partial charge in [-0.05, 0) is 18.2 Å². The first-order valence-corrected chi connectivity index (χ1v) is 5.98. The highest BCUT2D eigenvalue weighted by molar-refractivity contribution is 7.13. The molecule has 0 unspecified atom stereocenters. The molecule has 0 radical (unpaired) electrons. The van der Waals surface area contributed by atoms with Crippen molar-refractivity contribution < 1.29 is 19.0 Å². The summed E-state index contributed by atoms with van der Waals surface area (Å²) in [6.07, 6.45) is -0.145. The summed E-state index contributed by atoms with van der Waals surface area (Å²) in [6, 6.07) is 4.14. The molecule has 0 bridgehead atoms.